The van der Waals surface area contributed by atoms with Gasteiger partial charge in [-0.3, -0.25) is 4.79 Å². The van der Waals surface area contributed by atoms with Crippen LogP contribution in [-0.2, 0) is 9.53 Å². The molecule has 0 aromatic rings. The molecule has 0 saturated carbocycles. The average Bonchev–Trinajstić information content (AvgIpc) is 2.15. The number of carbonyl (C=O) groups is 1. The fraction of sp³-hybridized carbons (Fsp3) is 0.917. The maximum Gasteiger partial charge on any atom is 0.216 e. The van der Waals surface area contributed by atoms with Gasteiger partial charge in [0.1, 0.15) is 0 Å². The van der Waals surface area contributed by atoms with E-state index < -0.39 is 0 Å². The van der Waals surface area contributed by atoms with Gasteiger partial charge in [0, 0.05) is 28.1 Å². The highest BCUT2D eigenvalue weighted by Gasteiger charge is 1.92. The van der Waals surface area contributed by atoms with E-state index in [1.54, 1.807) is 6.92 Å². The first kappa shape index (κ1) is 16.8. The fourth-order valence-electron chi connectivity index (χ4n) is 1.15. The Morgan fingerprint density at radius 1 is 1.20 bits per heavy atom. The van der Waals surface area contributed by atoms with Gasteiger partial charge in [0.2, 0.25) is 5.91 Å². The number of carbonyl (C=O) groups excluding carboxylic acids is 1. The van der Waals surface area contributed by atoms with Crippen molar-refractivity contribution >= 4 is 5.91 Å². The van der Waals surface area contributed by atoms with Gasteiger partial charge in [0.05, 0.1) is 0 Å². The van der Waals surface area contributed by atoms with Crippen molar-refractivity contribution in [2.45, 2.75) is 53.4 Å². The van der Waals surface area contributed by atoms with Crippen LogP contribution in [0.5, 0.6) is 0 Å². The molecule has 0 radical (unpaired) electrons. The molecular weight excluding hydrogens is 190 g/mol. The first-order valence-corrected chi connectivity index (χ1v) is 5.59. The van der Waals surface area contributed by atoms with E-state index in [0.717, 1.165) is 32.6 Å². The van der Waals surface area contributed by atoms with Gasteiger partial charge >= 0.3 is 0 Å². The lowest BCUT2D eigenvalue weighted by Crippen LogP contribution is -2.21. The fourth-order valence-corrected chi connectivity index (χ4v) is 1.15. The second kappa shape index (κ2) is 13.4. The Hall–Kier alpha value is -0.570. The van der Waals surface area contributed by atoms with E-state index in [2.05, 4.69) is 12.2 Å². The quantitative estimate of drug-likeness (QED) is 0.605. The minimum absolute atomic E-state index is 0. The topological polar surface area (TPSA) is 38.3 Å². The Morgan fingerprint density at radius 3 is 2.33 bits per heavy atom. The average molecular weight is 219 g/mol. The zero-order valence-corrected chi connectivity index (χ0v) is 9.47. The first-order valence-electron chi connectivity index (χ1n) is 5.59. The predicted molar refractivity (Wildman–Crippen MR) is 67.1 cm³/mol. The lowest BCUT2D eigenvalue weighted by molar-refractivity contribution is -0.118. The Morgan fingerprint density at radius 2 is 1.80 bits per heavy atom. The van der Waals surface area contributed by atoms with Crippen molar-refractivity contribution in [3.63, 3.8) is 0 Å². The van der Waals surface area contributed by atoms with Crippen molar-refractivity contribution in [1.82, 2.24) is 5.32 Å². The molecule has 0 bridgehead atoms. The number of unbranched alkanes of at least 4 members (excludes halogenated alkanes) is 3. The first-order chi connectivity index (χ1) is 6.77. The molecule has 15 heavy (non-hydrogen) atoms. The summed E-state index contributed by atoms with van der Waals surface area (Å²) in [6, 6.07) is 0. The van der Waals surface area contributed by atoms with Crippen LogP contribution in [0.1, 0.15) is 54.8 Å². The lowest BCUT2D eigenvalue weighted by Gasteiger charge is -2.04. The van der Waals surface area contributed by atoms with Crippen molar-refractivity contribution in [2.75, 3.05) is 19.8 Å². The summed E-state index contributed by atoms with van der Waals surface area (Å²) >= 11 is 0. The molecule has 0 spiro atoms. The minimum atomic E-state index is 0. The van der Waals surface area contributed by atoms with E-state index >= 15 is 0 Å². The Kier molecular flexibility index (Phi) is 15.1. The number of rotatable bonds is 9. The molecule has 0 atom stereocenters. The maximum atomic E-state index is 10.5. The smallest absolute Gasteiger partial charge is 0.216 e. The van der Waals surface area contributed by atoms with Crippen molar-refractivity contribution in [3.05, 3.63) is 0 Å². The number of hydrogen-bond acceptors (Lipinski definition) is 2. The van der Waals surface area contributed by atoms with Gasteiger partial charge in [0.15, 0.2) is 0 Å². The van der Waals surface area contributed by atoms with Crippen molar-refractivity contribution in [2.24, 2.45) is 0 Å². The third kappa shape index (κ3) is 16.1. The highest BCUT2D eigenvalue weighted by Crippen LogP contribution is 1.95. The molecule has 0 saturated heterocycles. The molecular formula is C12H29NO2. The van der Waals surface area contributed by atoms with Gasteiger partial charge in [-0.15, -0.1) is 0 Å². The molecule has 0 unspecified atom stereocenters. The van der Waals surface area contributed by atoms with Crippen molar-refractivity contribution < 1.29 is 11.0 Å². The van der Waals surface area contributed by atoms with Crippen LogP contribution in [-0.4, -0.2) is 25.7 Å². The molecule has 0 aromatic carbocycles. The summed E-state index contributed by atoms with van der Waals surface area (Å²) in [7, 11) is 0. The molecule has 0 aromatic heterocycles. The van der Waals surface area contributed by atoms with E-state index in [1.165, 1.54) is 19.3 Å². The van der Waals surface area contributed by atoms with Gasteiger partial charge in [-0.1, -0.05) is 27.2 Å². The highest BCUT2D eigenvalue weighted by atomic mass is 16.5. The molecule has 0 fully saturated rings. The summed E-state index contributed by atoms with van der Waals surface area (Å²) in [5.41, 5.74) is 0. The van der Waals surface area contributed by atoms with Crippen molar-refractivity contribution in [1.29, 1.82) is 0 Å². The molecule has 94 valence electrons. The van der Waals surface area contributed by atoms with E-state index in [1.807, 2.05) is 0 Å². The zero-order valence-electron chi connectivity index (χ0n) is 9.47. The van der Waals surface area contributed by atoms with Crippen LogP contribution < -0.4 is 5.32 Å². The largest absolute Gasteiger partial charge is 0.381 e. The van der Waals surface area contributed by atoms with Gasteiger partial charge in [-0.05, 0) is 19.3 Å². The molecule has 1 N–H and O–H groups in total. The number of amides is 1. The summed E-state index contributed by atoms with van der Waals surface area (Å²) in [4.78, 5) is 10.5. The van der Waals surface area contributed by atoms with Gasteiger partial charge in [-0.2, -0.15) is 0 Å². The second-order valence-corrected chi connectivity index (χ2v) is 3.51. The Labute approximate surface area is 96.1 Å². The van der Waals surface area contributed by atoms with Crippen molar-refractivity contribution in [3.8, 4) is 0 Å². The minimum Gasteiger partial charge on any atom is -0.381 e. The van der Waals surface area contributed by atoms with Crippen LogP contribution >= 0.6 is 0 Å². The Balaban J connectivity index is -0.000000845. The van der Waals surface area contributed by atoms with Gasteiger partial charge in [-0.25, -0.2) is 0 Å². The van der Waals surface area contributed by atoms with Crippen LogP contribution in [0.2, 0.25) is 0 Å². The summed E-state index contributed by atoms with van der Waals surface area (Å²) in [5, 5.41) is 2.76. The molecule has 0 rings (SSSR count). The normalized spacial score (nSPS) is 9.47. The van der Waals surface area contributed by atoms with E-state index in [-0.39, 0.29) is 14.8 Å². The third-order valence-corrected chi connectivity index (χ3v) is 1.98. The second-order valence-electron chi connectivity index (χ2n) is 3.51. The predicted octanol–water partition coefficient (Wildman–Crippen LogP) is 2.99. The van der Waals surface area contributed by atoms with Crippen LogP contribution in [0.4, 0.5) is 0 Å². The SMILES string of the molecule is C.CCCCCOCCCCNC(C)=O.[HH]. The van der Waals surface area contributed by atoms with E-state index in [4.69, 9.17) is 4.74 Å². The monoisotopic (exact) mass is 219 g/mol. The van der Waals surface area contributed by atoms with Crippen LogP contribution in [0.15, 0.2) is 0 Å². The number of hydrogen-bond donors (Lipinski definition) is 1. The molecule has 0 aliphatic heterocycles. The van der Waals surface area contributed by atoms with Gasteiger partial charge in [0.25, 0.3) is 0 Å². The number of ether oxygens (including phenoxy) is 1. The molecule has 3 heteroatoms. The Bertz CT molecular complexity index is 143. The summed E-state index contributed by atoms with van der Waals surface area (Å²) in [6.07, 6.45) is 5.71. The zero-order chi connectivity index (χ0) is 10.6. The molecule has 3 nitrogen and oxygen atoms in total. The highest BCUT2D eigenvalue weighted by molar-refractivity contribution is 5.72. The maximum absolute atomic E-state index is 10.5. The standard InChI is InChI=1S/C11H23NO2.CH4.H2/c1-3-4-6-9-14-10-7-5-8-12-11(2)13;;/h3-10H2,1-2H3,(H,12,13);1H4;1H. The molecule has 0 heterocycles. The van der Waals surface area contributed by atoms with Crippen LogP contribution in [0.3, 0.4) is 0 Å². The third-order valence-electron chi connectivity index (χ3n) is 1.98. The number of nitrogens with one attached hydrogen (secondary N) is 1. The summed E-state index contributed by atoms with van der Waals surface area (Å²) < 4.78 is 5.43. The molecule has 0 aliphatic carbocycles. The molecule has 1 amide bonds. The lowest BCUT2D eigenvalue weighted by atomic mass is 10.3. The molecule has 0 aliphatic rings. The van der Waals surface area contributed by atoms with Gasteiger partial charge < -0.3 is 10.1 Å². The van der Waals surface area contributed by atoms with E-state index in [9.17, 15) is 4.79 Å². The summed E-state index contributed by atoms with van der Waals surface area (Å²) in [5.74, 6) is 0.0499. The van der Waals surface area contributed by atoms with E-state index in [0.29, 0.717) is 0 Å². The summed E-state index contributed by atoms with van der Waals surface area (Å²) in [6.45, 7) is 6.21. The van der Waals surface area contributed by atoms with Crippen LogP contribution in [0, 0.1) is 0 Å². The van der Waals surface area contributed by atoms with Crippen LogP contribution in [0.25, 0.3) is 0 Å².